The molecule has 6 nitrogen and oxygen atoms in total. The van der Waals surface area contributed by atoms with Gasteiger partial charge < -0.3 is 20.5 Å². The maximum absolute atomic E-state index is 11.8. The zero-order valence-corrected chi connectivity index (χ0v) is 12.6. The van der Waals surface area contributed by atoms with Crippen LogP contribution in [0.1, 0.15) is 10.4 Å². The first-order valence-corrected chi connectivity index (χ1v) is 6.79. The average molecular weight is 345 g/mol. The lowest BCUT2D eigenvalue weighted by Gasteiger charge is -2.11. The van der Waals surface area contributed by atoms with Gasteiger partial charge in [-0.15, -0.1) is 0 Å². The second-order valence-corrected chi connectivity index (χ2v) is 5.02. The molecular weight excluding hydrogens is 328 g/mol. The number of aliphatic hydroxyl groups is 1. The van der Waals surface area contributed by atoms with Gasteiger partial charge in [0.2, 0.25) is 5.91 Å². The molecule has 0 aromatic heterocycles. The Balaban J connectivity index is 2.32. The Hall–Kier alpha value is -1.44. The summed E-state index contributed by atoms with van der Waals surface area (Å²) in [6.45, 7) is 0.0785. The van der Waals surface area contributed by atoms with Gasteiger partial charge in [-0.3, -0.25) is 9.59 Å². The topological polar surface area (TPSA) is 87.7 Å². The molecule has 0 aliphatic rings. The van der Waals surface area contributed by atoms with E-state index in [1.807, 2.05) is 0 Å². The fourth-order valence-corrected chi connectivity index (χ4v) is 1.84. The second kappa shape index (κ2) is 8.68. The minimum atomic E-state index is -0.760. The van der Waals surface area contributed by atoms with Gasteiger partial charge in [-0.1, -0.05) is 22.0 Å². The molecule has 0 fully saturated rings. The predicted molar refractivity (Wildman–Crippen MR) is 77.4 cm³/mol. The monoisotopic (exact) mass is 344 g/mol. The van der Waals surface area contributed by atoms with Gasteiger partial charge in [0.05, 0.1) is 19.3 Å². The van der Waals surface area contributed by atoms with Crippen molar-refractivity contribution in [1.82, 2.24) is 10.6 Å². The lowest BCUT2D eigenvalue weighted by atomic mass is 10.2. The van der Waals surface area contributed by atoms with Crippen molar-refractivity contribution in [2.45, 2.75) is 6.10 Å². The summed E-state index contributed by atoms with van der Waals surface area (Å²) in [6, 6.07) is 6.86. The van der Waals surface area contributed by atoms with E-state index in [0.29, 0.717) is 5.56 Å². The first kappa shape index (κ1) is 16.6. The summed E-state index contributed by atoms with van der Waals surface area (Å²) in [5.74, 6) is -0.706. The van der Waals surface area contributed by atoms with Crippen LogP contribution >= 0.6 is 15.9 Å². The number of carbonyl (C=O) groups is 2. The third-order valence-corrected chi connectivity index (χ3v) is 2.88. The van der Waals surface area contributed by atoms with Crippen LogP contribution in [0, 0.1) is 0 Å². The summed E-state index contributed by atoms with van der Waals surface area (Å²) in [6.07, 6.45) is -0.760. The highest BCUT2D eigenvalue weighted by molar-refractivity contribution is 9.10. The highest BCUT2D eigenvalue weighted by Gasteiger charge is 2.09. The molecule has 0 aliphatic carbocycles. The molecule has 20 heavy (non-hydrogen) atoms. The first-order chi connectivity index (χ1) is 9.52. The minimum Gasteiger partial charge on any atom is -0.389 e. The zero-order valence-electron chi connectivity index (χ0n) is 11.1. The van der Waals surface area contributed by atoms with Gasteiger partial charge in [-0.25, -0.2) is 0 Å². The van der Waals surface area contributed by atoms with E-state index in [0.717, 1.165) is 4.47 Å². The van der Waals surface area contributed by atoms with Crippen LogP contribution in [0.15, 0.2) is 28.7 Å². The summed E-state index contributed by atoms with van der Waals surface area (Å²) in [7, 11) is 1.46. The van der Waals surface area contributed by atoms with Crippen LogP contribution < -0.4 is 10.6 Å². The molecule has 0 aliphatic heterocycles. The lowest BCUT2D eigenvalue weighted by Crippen LogP contribution is -2.40. The molecule has 0 bridgehead atoms. The minimum absolute atomic E-state index is 0.0828. The van der Waals surface area contributed by atoms with Crippen molar-refractivity contribution < 1.29 is 19.4 Å². The number of carbonyl (C=O) groups excluding carboxylic acids is 2. The zero-order chi connectivity index (χ0) is 15.0. The lowest BCUT2D eigenvalue weighted by molar-refractivity contribution is -0.120. The van der Waals surface area contributed by atoms with Crippen molar-refractivity contribution in [2.24, 2.45) is 0 Å². The Kier molecular flexibility index (Phi) is 7.21. The van der Waals surface area contributed by atoms with E-state index in [1.54, 1.807) is 24.3 Å². The molecule has 1 aromatic carbocycles. The summed E-state index contributed by atoms with van der Waals surface area (Å²) >= 11 is 3.27. The van der Waals surface area contributed by atoms with Crippen molar-refractivity contribution in [3.8, 4) is 0 Å². The number of ether oxygens (including phenoxy) is 1. The molecule has 2 amide bonds. The standard InChI is InChI=1S/C13H17BrN2O4/c1-20-8-11(17)6-15-12(18)7-16-13(19)9-3-2-4-10(14)5-9/h2-5,11,17H,6-8H2,1H3,(H,15,18)(H,16,19). The maximum Gasteiger partial charge on any atom is 0.251 e. The summed E-state index contributed by atoms with van der Waals surface area (Å²) in [4.78, 5) is 23.2. The van der Waals surface area contributed by atoms with Gasteiger partial charge in [0, 0.05) is 23.7 Å². The summed E-state index contributed by atoms with van der Waals surface area (Å²) in [5, 5.41) is 14.3. The van der Waals surface area contributed by atoms with Crippen molar-refractivity contribution in [2.75, 3.05) is 26.8 Å². The van der Waals surface area contributed by atoms with Gasteiger partial charge in [0.15, 0.2) is 0 Å². The number of rotatable bonds is 7. The van der Waals surface area contributed by atoms with Crippen LogP contribution in [-0.4, -0.2) is 49.8 Å². The van der Waals surface area contributed by atoms with Gasteiger partial charge in [-0.05, 0) is 18.2 Å². The average Bonchev–Trinajstić information content (AvgIpc) is 2.43. The van der Waals surface area contributed by atoms with Crippen molar-refractivity contribution in [1.29, 1.82) is 0 Å². The molecule has 0 spiro atoms. The predicted octanol–water partition coefficient (Wildman–Crippen LogP) is 0.302. The number of halogens is 1. The van der Waals surface area contributed by atoms with E-state index in [1.165, 1.54) is 7.11 Å². The molecule has 7 heteroatoms. The van der Waals surface area contributed by atoms with Crippen LogP contribution in [0.5, 0.6) is 0 Å². The van der Waals surface area contributed by atoms with Gasteiger partial charge in [0.1, 0.15) is 0 Å². The van der Waals surface area contributed by atoms with Crippen LogP contribution in [0.3, 0.4) is 0 Å². The Labute approximate surface area is 125 Å². The van der Waals surface area contributed by atoms with Crippen LogP contribution in [0.2, 0.25) is 0 Å². The number of amides is 2. The number of hydrogen-bond donors (Lipinski definition) is 3. The Morgan fingerprint density at radius 1 is 1.40 bits per heavy atom. The molecule has 0 heterocycles. The van der Waals surface area contributed by atoms with E-state index in [9.17, 15) is 14.7 Å². The van der Waals surface area contributed by atoms with Crippen LogP contribution in [0.4, 0.5) is 0 Å². The van der Waals surface area contributed by atoms with E-state index in [2.05, 4.69) is 26.6 Å². The highest BCUT2D eigenvalue weighted by Crippen LogP contribution is 2.11. The number of nitrogens with one attached hydrogen (secondary N) is 2. The van der Waals surface area contributed by atoms with Crippen molar-refractivity contribution >= 4 is 27.7 Å². The first-order valence-electron chi connectivity index (χ1n) is 6.00. The molecule has 1 atom stereocenters. The highest BCUT2D eigenvalue weighted by atomic mass is 79.9. The normalized spacial score (nSPS) is 11.8. The van der Waals surface area contributed by atoms with E-state index in [-0.39, 0.29) is 31.5 Å². The third-order valence-electron chi connectivity index (χ3n) is 2.39. The van der Waals surface area contributed by atoms with E-state index < -0.39 is 6.10 Å². The summed E-state index contributed by atoms with van der Waals surface area (Å²) in [5.41, 5.74) is 0.464. The Bertz CT molecular complexity index is 467. The largest absolute Gasteiger partial charge is 0.389 e. The number of benzene rings is 1. The maximum atomic E-state index is 11.8. The van der Waals surface area contributed by atoms with Crippen molar-refractivity contribution in [3.05, 3.63) is 34.3 Å². The number of hydrogen-bond acceptors (Lipinski definition) is 4. The van der Waals surface area contributed by atoms with E-state index in [4.69, 9.17) is 4.74 Å². The Morgan fingerprint density at radius 2 is 2.15 bits per heavy atom. The smallest absolute Gasteiger partial charge is 0.251 e. The fourth-order valence-electron chi connectivity index (χ4n) is 1.44. The molecule has 3 N–H and O–H groups in total. The van der Waals surface area contributed by atoms with Gasteiger partial charge >= 0.3 is 0 Å². The van der Waals surface area contributed by atoms with Crippen LogP contribution in [0.25, 0.3) is 0 Å². The second-order valence-electron chi connectivity index (χ2n) is 4.11. The third kappa shape index (κ3) is 6.14. The molecule has 1 unspecified atom stereocenters. The van der Waals surface area contributed by atoms with Crippen molar-refractivity contribution in [3.63, 3.8) is 0 Å². The SMILES string of the molecule is COCC(O)CNC(=O)CNC(=O)c1cccc(Br)c1. The quantitative estimate of drug-likeness (QED) is 0.664. The fraction of sp³-hybridized carbons (Fsp3) is 0.385. The van der Waals surface area contributed by atoms with Crippen LogP contribution in [-0.2, 0) is 9.53 Å². The molecule has 1 aromatic rings. The molecule has 0 radical (unpaired) electrons. The van der Waals surface area contributed by atoms with Gasteiger partial charge in [-0.2, -0.15) is 0 Å². The number of aliphatic hydroxyl groups excluding tert-OH is 1. The number of methoxy groups -OCH3 is 1. The molecule has 1 rings (SSSR count). The molecule has 0 saturated carbocycles. The Morgan fingerprint density at radius 3 is 2.80 bits per heavy atom. The summed E-state index contributed by atoms with van der Waals surface area (Å²) < 4.78 is 5.52. The van der Waals surface area contributed by atoms with Gasteiger partial charge in [0.25, 0.3) is 5.91 Å². The molecular formula is C13H17BrN2O4. The molecule has 110 valence electrons. The van der Waals surface area contributed by atoms with E-state index >= 15 is 0 Å². The molecule has 0 saturated heterocycles.